The van der Waals surface area contributed by atoms with E-state index in [1.54, 1.807) is 4.31 Å². The SMILES string of the molecule is CC[C@@H]1CN(S(C)(=O)=O)CC[C@@H]1N[C@H](C)c1ccc(Cl)cc1. The Morgan fingerprint density at radius 3 is 2.55 bits per heavy atom. The quantitative estimate of drug-likeness (QED) is 0.893. The van der Waals surface area contributed by atoms with Crippen molar-refractivity contribution in [3.63, 3.8) is 0 Å². The van der Waals surface area contributed by atoms with E-state index in [1.165, 1.54) is 11.8 Å². The topological polar surface area (TPSA) is 49.4 Å². The van der Waals surface area contributed by atoms with E-state index in [9.17, 15) is 8.42 Å². The van der Waals surface area contributed by atoms with Gasteiger partial charge in [0.05, 0.1) is 6.26 Å². The first-order valence-corrected chi connectivity index (χ1v) is 10.0. The summed E-state index contributed by atoms with van der Waals surface area (Å²) in [5.41, 5.74) is 1.20. The molecule has 1 fully saturated rings. The number of halogens is 1. The molecular formula is C16H25ClN2O2S. The summed E-state index contributed by atoms with van der Waals surface area (Å²) in [6.07, 6.45) is 3.12. The predicted molar refractivity (Wildman–Crippen MR) is 91.6 cm³/mol. The first kappa shape index (κ1) is 17.7. The number of sulfonamides is 1. The van der Waals surface area contributed by atoms with E-state index in [1.807, 2.05) is 24.3 Å². The Labute approximate surface area is 138 Å². The second kappa shape index (κ2) is 7.30. The molecule has 1 aliphatic rings. The third kappa shape index (κ3) is 4.44. The van der Waals surface area contributed by atoms with Gasteiger partial charge in [-0.05, 0) is 37.0 Å². The van der Waals surface area contributed by atoms with Crippen molar-refractivity contribution in [3.05, 3.63) is 34.9 Å². The molecule has 0 saturated carbocycles. The molecule has 0 spiro atoms. The summed E-state index contributed by atoms with van der Waals surface area (Å²) >= 11 is 5.93. The molecule has 0 radical (unpaired) electrons. The van der Waals surface area contributed by atoms with Crippen LogP contribution in [0, 0.1) is 5.92 Å². The molecule has 0 aromatic heterocycles. The lowest BCUT2D eigenvalue weighted by atomic mass is 9.90. The molecule has 1 N–H and O–H groups in total. The van der Waals surface area contributed by atoms with Crippen LogP contribution in [-0.2, 0) is 10.0 Å². The van der Waals surface area contributed by atoms with E-state index < -0.39 is 10.0 Å². The van der Waals surface area contributed by atoms with E-state index in [-0.39, 0.29) is 6.04 Å². The number of nitrogens with zero attached hydrogens (tertiary/aromatic N) is 1. The highest BCUT2D eigenvalue weighted by Gasteiger charge is 2.32. The van der Waals surface area contributed by atoms with Crippen molar-refractivity contribution in [2.24, 2.45) is 5.92 Å². The normalized spacial score (nSPS) is 25.1. The van der Waals surface area contributed by atoms with Crippen molar-refractivity contribution in [2.45, 2.75) is 38.8 Å². The maximum atomic E-state index is 11.7. The number of piperidine rings is 1. The fourth-order valence-corrected chi connectivity index (χ4v) is 4.13. The number of hydrogen-bond donors (Lipinski definition) is 1. The molecule has 22 heavy (non-hydrogen) atoms. The van der Waals surface area contributed by atoms with E-state index >= 15 is 0 Å². The van der Waals surface area contributed by atoms with Gasteiger partial charge in [-0.2, -0.15) is 0 Å². The summed E-state index contributed by atoms with van der Waals surface area (Å²) in [6, 6.07) is 8.44. The molecule has 0 unspecified atom stereocenters. The van der Waals surface area contributed by atoms with Crippen LogP contribution in [0.5, 0.6) is 0 Å². The van der Waals surface area contributed by atoms with Gasteiger partial charge in [0.1, 0.15) is 0 Å². The van der Waals surface area contributed by atoms with Crippen LogP contribution in [0.4, 0.5) is 0 Å². The Morgan fingerprint density at radius 2 is 2.00 bits per heavy atom. The zero-order valence-corrected chi connectivity index (χ0v) is 15.0. The van der Waals surface area contributed by atoms with Gasteiger partial charge in [-0.1, -0.05) is 37.1 Å². The average Bonchev–Trinajstić information content (AvgIpc) is 2.47. The van der Waals surface area contributed by atoms with Gasteiger partial charge in [-0.15, -0.1) is 0 Å². The molecular weight excluding hydrogens is 320 g/mol. The standard InChI is InChI=1S/C16H25ClN2O2S/c1-4-13-11-19(22(3,20)21)10-9-16(13)18-12(2)14-5-7-15(17)8-6-14/h5-8,12-13,16,18H,4,9-11H2,1-3H3/t12-,13-,16+/m1/s1. The highest BCUT2D eigenvalue weighted by Crippen LogP contribution is 2.25. The fraction of sp³-hybridized carbons (Fsp3) is 0.625. The van der Waals surface area contributed by atoms with Crippen molar-refractivity contribution in [1.82, 2.24) is 9.62 Å². The van der Waals surface area contributed by atoms with Gasteiger partial charge >= 0.3 is 0 Å². The van der Waals surface area contributed by atoms with Crippen molar-refractivity contribution in [1.29, 1.82) is 0 Å². The third-order valence-corrected chi connectivity index (χ3v) is 6.05. The van der Waals surface area contributed by atoms with E-state index in [0.717, 1.165) is 17.9 Å². The second-order valence-electron chi connectivity index (χ2n) is 6.12. The average molecular weight is 345 g/mol. The smallest absolute Gasteiger partial charge is 0.211 e. The fourth-order valence-electron chi connectivity index (χ4n) is 3.10. The minimum absolute atomic E-state index is 0.223. The van der Waals surface area contributed by atoms with E-state index in [4.69, 9.17) is 11.6 Å². The zero-order chi connectivity index (χ0) is 16.3. The Bertz CT molecular complexity index is 589. The first-order valence-electron chi connectivity index (χ1n) is 7.78. The molecule has 1 aliphatic heterocycles. The molecule has 0 amide bonds. The first-order chi connectivity index (χ1) is 10.3. The molecule has 3 atom stereocenters. The Kier molecular flexibility index (Phi) is 5.88. The van der Waals surface area contributed by atoms with Gasteiger partial charge in [0.2, 0.25) is 10.0 Å². The Morgan fingerprint density at radius 1 is 1.36 bits per heavy atom. The minimum Gasteiger partial charge on any atom is -0.307 e. The number of benzene rings is 1. The predicted octanol–water partition coefficient (Wildman–Crippen LogP) is 3.05. The van der Waals surface area contributed by atoms with E-state index in [0.29, 0.717) is 25.0 Å². The maximum absolute atomic E-state index is 11.7. The van der Waals surface area contributed by atoms with Gasteiger partial charge in [0.15, 0.2) is 0 Å². The molecule has 2 rings (SSSR count). The summed E-state index contributed by atoms with van der Waals surface area (Å²) in [4.78, 5) is 0. The van der Waals surface area contributed by atoms with Gasteiger partial charge < -0.3 is 5.32 Å². The van der Waals surface area contributed by atoms with Crippen molar-refractivity contribution in [3.8, 4) is 0 Å². The number of nitrogens with one attached hydrogen (secondary N) is 1. The van der Waals surface area contributed by atoms with Gasteiger partial charge in [-0.25, -0.2) is 12.7 Å². The molecule has 6 heteroatoms. The number of rotatable bonds is 5. The lowest BCUT2D eigenvalue weighted by molar-refractivity contribution is 0.193. The monoisotopic (exact) mass is 344 g/mol. The van der Waals surface area contributed by atoms with Crippen LogP contribution in [0.15, 0.2) is 24.3 Å². The van der Waals surface area contributed by atoms with Crippen LogP contribution >= 0.6 is 11.6 Å². The highest BCUT2D eigenvalue weighted by molar-refractivity contribution is 7.88. The van der Waals surface area contributed by atoms with Crippen molar-refractivity contribution >= 4 is 21.6 Å². The molecule has 1 saturated heterocycles. The summed E-state index contributed by atoms with van der Waals surface area (Å²) in [5.74, 6) is 0.346. The highest BCUT2D eigenvalue weighted by atomic mass is 35.5. The summed E-state index contributed by atoms with van der Waals surface area (Å²) in [7, 11) is -3.09. The molecule has 4 nitrogen and oxygen atoms in total. The van der Waals surface area contributed by atoms with Crippen molar-refractivity contribution in [2.75, 3.05) is 19.3 Å². The van der Waals surface area contributed by atoms with Crippen LogP contribution in [-0.4, -0.2) is 38.1 Å². The van der Waals surface area contributed by atoms with Crippen LogP contribution in [0.2, 0.25) is 5.02 Å². The molecule has 1 aromatic rings. The maximum Gasteiger partial charge on any atom is 0.211 e. The zero-order valence-electron chi connectivity index (χ0n) is 13.4. The van der Waals surface area contributed by atoms with E-state index in [2.05, 4.69) is 19.2 Å². The summed E-state index contributed by atoms with van der Waals surface area (Å²) in [5, 5.41) is 4.40. The van der Waals surface area contributed by atoms with Crippen LogP contribution in [0.1, 0.15) is 38.3 Å². The summed E-state index contributed by atoms with van der Waals surface area (Å²) in [6.45, 7) is 5.47. The largest absolute Gasteiger partial charge is 0.307 e. The third-order valence-electron chi connectivity index (χ3n) is 4.52. The molecule has 1 heterocycles. The van der Waals surface area contributed by atoms with Crippen LogP contribution in [0.25, 0.3) is 0 Å². The van der Waals surface area contributed by atoms with Crippen LogP contribution < -0.4 is 5.32 Å². The molecule has 1 aromatic carbocycles. The summed E-state index contributed by atoms with van der Waals surface area (Å²) < 4.78 is 25.0. The molecule has 0 aliphatic carbocycles. The Balaban J connectivity index is 2.01. The molecule has 0 bridgehead atoms. The lowest BCUT2D eigenvalue weighted by Gasteiger charge is -2.38. The van der Waals surface area contributed by atoms with Gasteiger partial charge in [0.25, 0.3) is 0 Å². The number of hydrogen-bond acceptors (Lipinski definition) is 3. The second-order valence-corrected chi connectivity index (χ2v) is 8.54. The lowest BCUT2D eigenvalue weighted by Crippen LogP contribution is -2.51. The van der Waals surface area contributed by atoms with Gasteiger partial charge in [0, 0.05) is 30.2 Å². The van der Waals surface area contributed by atoms with Crippen LogP contribution in [0.3, 0.4) is 0 Å². The van der Waals surface area contributed by atoms with Gasteiger partial charge in [-0.3, -0.25) is 0 Å². The minimum atomic E-state index is -3.09. The Hall–Kier alpha value is -0.620. The molecule has 124 valence electrons. The van der Waals surface area contributed by atoms with Crippen molar-refractivity contribution < 1.29 is 8.42 Å².